The Labute approximate surface area is 160 Å². The van der Waals surface area contributed by atoms with Crippen molar-refractivity contribution < 1.29 is 19.4 Å². The molecule has 0 radical (unpaired) electrons. The van der Waals surface area contributed by atoms with E-state index in [1.165, 1.54) is 0 Å². The van der Waals surface area contributed by atoms with Gasteiger partial charge in [0.25, 0.3) is 0 Å². The molecule has 2 aliphatic carbocycles. The predicted octanol–water partition coefficient (Wildman–Crippen LogP) is 3.29. The van der Waals surface area contributed by atoms with Gasteiger partial charge in [0.1, 0.15) is 5.75 Å². The number of nitriles is 1. The summed E-state index contributed by atoms with van der Waals surface area (Å²) in [6.07, 6.45) is 7.18. The van der Waals surface area contributed by atoms with E-state index in [9.17, 15) is 9.90 Å². The number of carbonyl (C=O) groups excluding carboxylic acids is 1. The van der Waals surface area contributed by atoms with Crippen molar-refractivity contribution in [2.45, 2.75) is 44.3 Å². The predicted molar refractivity (Wildman–Crippen MR) is 101 cm³/mol. The second-order valence-electron chi connectivity index (χ2n) is 7.46. The number of nitrogens with zero attached hydrogens (tertiary/aromatic N) is 1. The maximum Gasteiger partial charge on any atom is 0.192 e. The molecule has 5 nitrogen and oxygen atoms in total. The number of hydrogen-bond acceptors (Lipinski definition) is 5. The highest BCUT2D eigenvalue weighted by molar-refractivity contribution is 5.90. The number of fused-ring (bicyclic) bond motifs is 1. The Hall–Kier alpha value is -2.16. The Balaban J connectivity index is 1.46. The Kier molecular flexibility index (Phi) is 7.03. The van der Waals surface area contributed by atoms with E-state index in [1.807, 2.05) is 36.4 Å². The fourth-order valence-corrected chi connectivity index (χ4v) is 4.35. The second kappa shape index (κ2) is 9.68. The number of benzene rings is 1. The van der Waals surface area contributed by atoms with Crippen LogP contribution in [0.5, 0.6) is 5.75 Å². The van der Waals surface area contributed by atoms with Gasteiger partial charge in [-0.3, -0.25) is 4.79 Å². The van der Waals surface area contributed by atoms with Gasteiger partial charge in [-0.2, -0.15) is 5.26 Å². The SMILES string of the molecule is N#CCCCOC1C[C@H]2C[C@H](O)[C@@H](C=CC(=O)COc3ccccc3)[C@@H]2C1. The van der Waals surface area contributed by atoms with Gasteiger partial charge in [0.2, 0.25) is 0 Å². The van der Waals surface area contributed by atoms with Crippen LogP contribution in [0.1, 0.15) is 32.1 Å². The molecule has 2 fully saturated rings. The number of para-hydroxylation sites is 1. The summed E-state index contributed by atoms with van der Waals surface area (Å²) in [5.74, 6) is 1.39. The Morgan fingerprint density at radius 1 is 1.26 bits per heavy atom. The fourth-order valence-electron chi connectivity index (χ4n) is 4.35. The van der Waals surface area contributed by atoms with Crippen LogP contribution in [0.4, 0.5) is 0 Å². The van der Waals surface area contributed by atoms with Crippen molar-refractivity contribution in [3.05, 3.63) is 42.5 Å². The Bertz CT molecular complexity index is 681. The number of aliphatic hydroxyl groups excluding tert-OH is 1. The molecule has 2 saturated carbocycles. The van der Waals surface area contributed by atoms with E-state index in [-0.39, 0.29) is 24.4 Å². The molecule has 0 heterocycles. The maximum atomic E-state index is 12.1. The summed E-state index contributed by atoms with van der Waals surface area (Å²) < 4.78 is 11.4. The number of ether oxygens (including phenoxy) is 2. The summed E-state index contributed by atoms with van der Waals surface area (Å²) in [7, 11) is 0. The van der Waals surface area contributed by atoms with Gasteiger partial charge in [0.05, 0.1) is 18.3 Å². The van der Waals surface area contributed by atoms with Gasteiger partial charge >= 0.3 is 0 Å². The van der Waals surface area contributed by atoms with E-state index in [4.69, 9.17) is 14.7 Å². The van der Waals surface area contributed by atoms with Crippen LogP contribution < -0.4 is 4.74 Å². The number of ketones is 1. The zero-order valence-corrected chi connectivity index (χ0v) is 15.5. The number of rotatable bonds is 9. The molecule has 27 heavy (non-hydrogen) atoms. The van der Waals surface area contributed by atoms with Gasteiger partial charge in [-0.1, -0.05) is 24.3 Å². The van der Waals surface area contributed by atoms with E-state index in [0.717, 1.165) is 25.7 Å². The molecular weight excluding hydrogens is 342 g/mol. The molecule has 3 rings (SSSR count). The molecule has 5 atom stereocenters. The standard InChI is InChI=1S/C22H27NO4/c23-10-4-5-11-26-19-12-16-13-22(25)20(21(16)14-19)9-8-17(24)15-27-18-6-2-1-3-7-18/h1-3,6-9,16,19-22,25H,4-5,11-15H2/t16-,19?,20-,21+,22-/m0/s1. The summed E-state index contributed by atoms with van der Waals surface area (Å²) >= 11 is 0. The average Bonchev–Trinajstić information content (AvgIpc) is 3.19. The first kappa shape index (κ1) is 19.6. The van der Waals surface area contributed by atoms with Crippen LogP contribution in [0.2, 0.25) is 0 Å². The molecule has 1 N–H and O–H groups in total. The van der Waals surface area contributed by atoms with Crippen LogP contribution in [0.3, 0.4) is 0 Å². The molecular formula is C22H27NO4. The van der Waals surface area contributed by atoms with E-state index in [0.29, 0.717) is 30.6 Å². The van der Waals surface area contributed by atoms with E-state index >= 15 is 0 Å². The van der Waals surface area contributed by atoms with Crippen molar-refractivity contribution >= 4 is 5.78 Å². The highest BCUT2D eigenvalue weighted by atomic mass is 16.5. The van der Waals surface area contributed by atoms with Crippen molar-refractivity contribution in [2.75, 3.05) is 13.2 Å². The van der Waals surface area contributed by atoms with E-state index in [1.54, 1.807) is 6.08 Å². The monoisotopic (exact) mass is 369 g/mol. The summed E-state index contributed by atoms with van der Waals surface area (Å²) in [5.41, 5.74) is 0. The summed E-state index contributed by atoms with van der Waals surface area (Å²) in [6, 6.07) is 11.4. The molecule has 0 amide bonds. The van der Waals surface area contributed by atoms with Crippen molar-refractivity contribution in [3.63, 3.8) is 0 Å². The third-order valence-electron chi connectivity index (χ3n) is 5.60. The first-order valence-corrected chi connectivity index (χ1v) is 9.73. The van der Waals surface area contributed by atoms with Crippen molar-refractivity contribution in [2.24, 2.45) is 17.8 Å². The van der Waals surface area contributed by atoms with Crippen LogP contribution in [-0.4, -0.2) is 36.3 Å². The van der Waals surface area contributed by atoms with Gasteiger partial charge in [0, 0.05) is 18.9 Å². The normalized spacial score (nSPS) is 29.6. The minimum Gasteiger partial charge on any atom is -0.485 e. The zero-order chi connectivity index (χ0) is 19.1. The molecule has 0 spiro atoms. The fraction of sp³-hybridized carbons (Fsp3) is 0.545. The highest BCUT2D eigenvalue weighted by Gasteiger charge is 2.47. The number of hydrogen-bond donors (Lipinski definition) is 1. The lowest BCUT2D eigenvalue weighted by Gasteiger charge is -2.19. The van der Waals surface area contributed by atoms with Crippen LogP contribution in [0.15, 0.2) is 42.5 Å². The largest absolute Gasteiger partial charge is 0.485 e. The number of aliphatic hydroxyl groups is 1. The van der Waals surface area contributed by atoms with Gasteiger partial charge in [0.15, 0.2) is 12.4 Å². The molecule has 2 aliphatic rings. The van der Waals surface area contributed by atoms with E-state index in [2.05, 4.69) is 6.07 Å². The first-order chi connectivity index (χ1) is 13.2. The van der Waals surface area contributed by atoms with Gasteiger partial charge < -0.3 is 14.6 Å². The van der Waals surface area contributed by atoms with Crippen molar-refractivity contribution in [1.82, 2.24) is 0 Å². The minimum atomic E-state index is -0.390. The summed E-state index contributed by atoms with van der Waals surface area (Å²) in [5, 5.41) is 19.0. The lowest BCUT2D eigenvalue weighted by Crippen LogP contribution is -2.20. The molecule has 1 unspecified atom stereocenters. The van der Waals surface area contributed by atoms with Crippen LogP contribution >= 0.6 is 0 Å². The maximum absolute atomic E-state index is 12.1. The summed E-state index contributed by atoms with van der Waals surface area (Å²) in [6.45, 7) is 0.623. The molecule has 1 aromatic carbocycles. The third kappa shape index (κ3) is 5.41. The topological polar surface area (TPSA) is 79.5 Å². The lowest BCUT2D eigenvalue weighted by molar-refractivity contribution is -0.116. The quantitative estimate of drug-likeness (QED) is 0.534. The molecule has 0 aliphatic heterocycles. The van der Waals surface area contributed by atoms with Gasteiger partial charge in [-0.05, 0) is 55.7 Å². The smallest absolute Gasteiger partial charge is 0.192 e. The Morgan fingerprint density at radius 2 is 2.07 bits per heavy atom. The molecule has 0 bridgehead atoms. The van der Waals surface area contributed by atoms with Crippen LogP contribution in [0, 0.1) is 29.1 Å². The molecule has 1 aromatic rings. The van der Waals surface area contributed by atoms with Gasteiger partial charge in [-0.25, -0.2) is 0 Å². The minimum absolute atomic E-state index is 0.00204. The third-order valence-corrected chi connectivity index (χ3v) is 5.60. The first-order valence-electron chi connectivity index (χ1n) is 9.73. The molecule has 0 aromatic heterocycles. The van der Waals surface area contributed by atoms with E-state index < -0.39 is 6.10 Å². The van der Waals surface area contributed by atoms with Crippen molar-refractivity contribution in [1.29, 1.82) is 5.26 Å². The van der Waals surface area contributed by atoms with Crippen LogP contribution in [-0.2, 0) is 9.53 Å². The number of carbonyl (C=O) groups is 1. The lowest BCUT2D eigenvalue weighted by atomic mass is 9.90. The molecule has 5 heteroatoms. The average molecular weight is 369 g/mol. The number of unbranched alkanes of at least 4 members (excludes halogenated alkanes) is 1. The van der Waals surface area contributed by atoms with Gasteiger partial charge in [-0.15, -0.1) is 0 Å². The van der Waals surface area contributed by atoms with Crippen LogP contribution in [0.25, 0.3) is 0 Å². The van der Waals surface area contributed by atoms with Crippen molar-refractivity contribution in [3.8, 4) is 11.8 Å². The second-order valence-corrected chi connectivity index (χ2v) is 7.46. The highest BCUT2D eigenvalue weighted by Crippen LogP contribution is 2.49. The Morgan fingerprint density at radius 3 is 2.85 bits per heavy atom. The summed E-state index contributed by atoms with van der Waals surface area (Å²) in [4.78, 5) is 12.1. The molecule has 0 saturated heterocycles. The molecule has 144 valence electrons. The zero-order valence-electron chi connectivity index (χ0n) is 15.5.